The highest BCUT2D eigenvalue weighted by Crippen LogP contribution is 2.28. The molecule has 0 aliphatic carbocycles. The van der Waals surface area contributed by atoms with Crippen LogP contribution in [0.2, 0.25) is 0 Å². The minimum absolute atomic E-state index is 0.102. The Morgan fingerprint density at radius 1 is 1.12 bits per heavy atom. The van der Waals surface area contributed by atoms with Gasteiger partial charge >= 0.3 is 0 Å². The van der Waals surface area contributed by atoms with Gasteiger partial charge in [-0.25, -0.2) is 18.4 Å². The lowest BCUT2D eigenvalue weighted by molar-refractivity contribution is 0.102. The minimum Gasteiger partial charge on any atom is -0.352 e. The predicted octanol–water partition coefficient (Wildman–Crippen LogP) is 3.24. The smallest absolute Gasteiger partial charge is 0.256 e. The molecule has 0 spiro atoms. The minimum atomic E-state index is -3.71. The number of anilines is 3. The fraction of sp³-hybridized carbons (Fsp3) is 0.296. The fourth-order valence-electron chi connectivity index (χ4n) is 4.65. The van der Waals surface area contributed by atoms with E-state index in [1.807, 2.05) is 24.9 Å². The van der Waals surface area contributed by atoms with E-state index in [4.69, 9.17) is 0 Å². The van der Waals surface area contributed by atoms with Crippen molar-refractivity contribution in [1.29, 1.82) is 0 Å². The highest BCUT2D eigenvalue weighted by molar-refractivity contribution is 7.90. The summed E-state index contributed by atoms with van der Waals surface area (Å²) in [4.78, 5) is 33.0. The standard InChI is InChI=1S/C27H31N9O3S/c1-4-40(38,39)34-27(33-22-7-5-6-20(14-22)26(37)32-21-8-10-28-11-9-21)36-13-12-35(16-19(36)3)25-23-18(2)15-29-24(23)30-17-31-25/h5-11,14-15,17,19H,4,12-13,16H2,1-3H3,(H,33,34)(H,28,32,37)(H,29,30,31)/t19-/m0/s1. The zero-order valence-corrected chi connectivity index (χ0v) is 23.3. The molecule has 3 aromatic heterocycles. The number of nitrogens with zero attached hydrogens (tertiary/aromatic N) is 6. The molecule has 3 N–H and O–H groups in total. The summed E-state index contributed by atoms with van der Waals surface area (Å²) < 4.78 is 29.4. The number of carbonyl (C=O) groups excluding carboxylic acids is 1. The maximum atomic E-state index is 12.8. The van der Waals surface area contributed by atoms with Crippen molar-refractivity contribution in [2.24, 2.45) is 4.40 Å². The maximum absolute atomic E-state index is 12.8. The Labute approximate surface area is 232 Å². The van der Waals surface area contributed by atoms with Crippen LogP contribution in [-0.2, 0) is 10.0 Å². The number of carbonyl (C=O) groups is 1. The van der Waals surface area contributed by atoms with Crippen molar-refractivity contribution >= 4 is 50.1 Å². The van der Waals surface area contributed by atoms with Gasteiger partial charge in [-0.15, -0.1) is 4.40 Å². The zero-order valence-electron chi connectivity index (χ0n) is 22.5. The normalized spacial score (nSPS) is 16.3. The van der Waals surface area contributed by atoms with E-state index in [0.717, 1.165) is 22.4 Å². The zero-order chi connectivity index (χ0) is 28.3. The first-order valence-corrected chi connectivity index (χ1v) is 14.6. The number of fused-ring (bicyclic) bond motifs is 1. The number of H-pyrrole nitrogens is 1. The average molecular weight is 562 g/mol. The van der Waals surface area contributed by atoms with E-state index in [1.165, 1.54) is 0 Å². The molecule has 1 atom stereocenters. The first-order chi connectivity index (χ1) is 19.2. The van der Waals surface area contributed by atoms with Gasteiger partial charge in [0, 0.05) is 61.2 Å². The third kappa shape index (κ3) is 5.88. The van der Waals surface area contributed by atoms with Gasteiger partial charge in [-0.05, 0) is 56.7 Å². The Hall–Kier alpha value is -4.52. The molecule has 208 valence electrons. The molecule has 5 rings (SSSR count). The highest BCUT2D eigenvalue weighted by Gasteiger charge is 2.29. The van der Waals surface area contributed by atoms with Crippen molar-refractivity contribution in [3.8, 4) is 0 Å². The maximum Gasteiger partial charge on any atom is 0.256 e. The van der Waals surface area contributed by atoms with Crippen LogP contribution >= 0.6 is 0 Å². The van der Waals surface area contributed by atoms with Crippen molar-refractivity contribution in [2.75, 3.05) is 40.9 Å². The van der Waals surface area contributed by atoms with E-state index >= 15 is 0 Å². The van der Waals surface area contributed by atoms with Gasteiger partial charge < -0.3 is 25.4 Å². The number of amides is 1. The molecule has 1 aliphatic heterocycles. The van der Waals surface area contributed by atoms with Crippen LogP contribution in [0.4, 0.5) is 17.2 Å². The molecular weight excluding hydrogens is 530 g/mol. The third-order valence-corrected chi connectivity index (χ3v) is 7.94. The van der Waals surface area contributed by atoms with Gasteiger partial charge in [-0.3, -0.25) is 9.78 Å². The van der Waals surface area contributed by atoms with Crippen molar-refractivity contribution < 1.29 is 13.2 Å². The molecule has 0 radical (unpaired) electrons. The van der Waals surface area contributed by atoms with Crippen molar-refractivity contribution in [3.63, 3.8) is 0 Å². The van der Waals surface area contributed by atoms with E-state index in [1.54, 1.807) is 62.0 Å². The Kier molecular flexibility index (Phi) is 7.65. The molecule has 12 nitrogen and oxygen atoms in total. The van der Waals surface area contributed by atoms with Gasteiger partial charge in [0.05, 0.1) is 11.1 Å². The third-order valence-electron chi connectivity index (χ3n) is 6.76. The first-order valence-electron chi connectivity index (χ1n) is 13.0. The fourth-order valence-corrected chi connectivity index (χ4v) is 5.19. The molecular formula is C27H31N9O3S. The summed E-state index contributed by atoms with van der Waals surface area (Å²) in [5, 5.41) is 6.98. The second-order valence-corrected chi connectivity index (χ2v) is 11.5. The van der Waals surface area contributed by atoms with Crippen LogP contribution in [-0.4, -0.2) is 76.5 Å². The average Bonchev–Trinajstić information content (AvgIpc) is 3.34. The van der Waals surface area contributed by atoms with Crippen molar-refractivity contribution in [1.82, 2.24) is 24.8 Å². The van der Waals surface area contributed by atoms with Gasteiger partial charge in [0.25, 0.3) is 15.9 Å². The second kappa shape index (κ2) is 11.3. The summed E-state index contributed by atoms with van der Waals surface area (Å²) in [5.74, 6) is 0.627. The molecule has 13 heteroatoms. The highest BCUT2D eigenvalue weighted by atomic mass is 32.2. The number of nitrogens with one attached hydrogen (secondary N) is 3. The largest absolute Gasteiger partial charge is 0.352 e. The molecule has 1 fully saturated rings. The van der Waals surface area contributed by atoms with Crippen LogP contribution < -0.4 is 15.5 Å². The van der Waals surface area contributed by atoms with Crippen LogP contribution in [0.5, 0.6) is 0 Å². The van der Waals surface area contributed by atoms with Gasteiger partial charge in [-0.1, -0.05) is 6.07 Å². The summed E-state index contributed by atoms with van der Waals surface area (Å²) >= 11 is 0. The van der Waals surface area contributed by atoms with E-state index in [0.29, 0.717) is 36.6 Å². The van der Waals surface area contributed by atoms with Crippen LogP contribution in [0.3, 0.4) is 0 Å². The summed E-state index contributed by atoms with van der Waals surface area (Å²) in [6, 6.07) is 10.2. The Morgan fingerprint density at radius 2 is 1.93 bits per heavy atom. The summed E-state index contributed by atoms with van der Waals surface area (Å²) in [6.07, 6.45) is 6.65. The molecule has 1 saturated heterocycles. The van der Waals surface area contributed by atoms with Gasteiger partial charge in [0.1, 0.15) is 17.8 Å². The lowest BCUT2D eigenvalue weighted by Gasteiger charge is -2.42. The Balaban J connectivity index is 1.38. The Morgan fingerprint density at radius 3 is 2.67 bits per heavy atom. The molecule has 0 bridgehead atoms. The molecule has 1 aliphatic rings. The number of pyridine rings is 1. The van der Waals surface area contributed by atoms with Gasteiger partial charge in [0.2, 0.25) is 5.96 Å². The monoisotopic (exact) mass is 561 g/mol. The number of aryl methyl sites for hydroxylation is 1. The van der Waals surface area contributed by atoms with E-state index in [-0.39, 0.29) is 23.7 Å². The molecule has 0 saturated carbocycles. The molecule has 4 heterocycles. The lowest BCUT2D eigenvalue weighted by Crippen LogP contribution is -2.56. The van der Waals surface area contributed by atoms with Crippen LogP contribution in [0.25, 0.3) is 11.0 Å². The number of hydrogen-bond donors (Lipinski definition) is 3. The molecule has 4 aromatic rings. The number of sulfonamides is 1. The van der Waals surface area contributed by atoms with Crippen LogP contribution in [0.15, 0.2) is 65.7 Å². The van der Waals surface area contributed by atoms with E-state index in [2.05, 4.69) is 39.9 Å². The number of piperazine rings is 1. The van der Waals surface area contributed by atoms with Crippen LogP contribution in [0, 0.1) is 6.92 Å². The van der Waals surface area contributed by atoms with Crippen molar-refractivity contribution in [2.45, 2.75) is 26.8 Å². The summed E-state index contributed by atoms with van der Waals surface area (Å²) in [7, 11) is -3.71. The number of benzene rings is 1. The SMILES string of the molecule is CCS(=O)(=O)/N=C(\Nc1cccc(C(=O)Nc2ccncc2)c1)N1CCN(c2ncnc3[nH]cc(C)c23)C[C@@H]1C. The quantitative estimate of drug-likeness (QED) is 0.238. The number of aromatic nitrogens is 4. The molecule has 1 amide bonds. The predicted molar refractivity (Wildman–Crippen MR) is 156 cm³/mol. The van der Waals surface area contributed by atoms with Gasteiger partial charge in [0.15, 0.2) is 0 Å². The molecule has 1 aromatic carbocycles. The topological polar surface area (TPSA) is 149 Å². The number of aromatic amines is 1. The van der Waals surface area contributed by atoms with E-state index in [9.17, 15) is 13.2 Å². The number of rotatable bonds is 6. The molecule has 0 unspecified atom stereocenters. The van der Waals surface area contributed by atoms with Crippen molar-refractivity contribution in [3.05, 3.63) is 72.4 Å². The second-order valence-electron chi connectivity index (χ2n) is 9.56. The summed E-state index contributed by atoms with van der Waals surface area (Å²) in [6.45, 7) is 7.29. The van der Waals surface area contributed by atoms with Crippen LogP contribution in [0.1, 0.15) is 29.8 Å². The number of guanidine groups is 1. The number of hydrogen-bond acceptors (Lipinski definition) is 7. The van der Waals surface area contributed by atoms with Gasteiger partial charge in [-0.2, -0.15) is 0 Å². The first kappa shape index (κ1) is 27.1. The Bertz CT molecular complexity index is 1650. The summed E-state index contributed by atoms with van der Waals surface area (Å²) in [5.41, 5.74) is 3.42. The lowest BCUT2D eigenvalue weighted by atomic mass is 10.1. The molecule has 40 heavy (non-hydrogen) atoms. The van der Waals surface area contributed by atoms with E-state index < -0.39 is 10.0 Å².